The second kappa shape index (κ2) is 7.62. The Morgan fingerprint density at radius 3 is 2.62 bits per heavy atom. The molecule has 2 aromatic rings. The summed E-state index contributed by atoms with van der Waals surface area (Å²) in [5.74, 6) is -0.135. The van der Waals surface area contributed by atoms with Crippen LogP contribution in [0.3, 0.4) is 0 Å². The van der Waals surface area contributed by atoms with Crippen molar-refractivity contribution >= 4 is 40.8 Å². The zero-order valence-electron chi connectivity index (χ0n) is 16.0. The highest BCUT2D eigenvalue weighted by Crippen LogP contribution is 2.45. The Bertz CT molecular complexity index is 975. The van der Waals surface area contributed by atoms with Gasteiger partial charge in [-0.1, -0.05) is 35.0 Å². The van der Waals surface area contributed by atoms with Gasteiger partial charge in [0.25, 0.3) is 5.95 Å². The summed E-state index contributed by atoms with van der Waals surface area (Å²) in [7, 11) is 0. The molecule has 1 atom stereocenters. The minimum atomic E-state index is -0.652. The first-order valence-electron chi connectivity index (χ1n) is 9.39. The fourth-order valence-corrected chi connectivity index (χ4v) is 5.12. The number of allylic oxidation sites excluding steroid dienone is 1. The molecule has 1 fully saturated rings. The number of aromatic nitrogens is 3. The lowest BCUT2D eigenvalue weighted by Gasteiger charge is -2.43. The molecule has 0 unspecified atom stereocenters. The van der Waals surface area contributed by atoms with E-state index in [2.05, 4.69) is 28.0 Å². The normalized spacial score (nSPS) is 20.9. The summed E-state index contributed by atoms with van der Waals surface area (Å²) < 4.78 is 14.8. The van der Waals surface area contributed by atoms with Gasteiger partial charge in [0.05, 0.1) is 5.02 Å². The molecule has 10 heteroatoms. The lowest BCUT2D eigenvalue weighted by Crippen LogP contribution is -2.48. The maximum atomic E-state index is 14.8. The average Bonchev–Trinajstić information content (AvgIpc) is 2.97. The van der Waals surface area contributed by atoms with Gasteiger partial charge in [0, 0.05) is 30.2 Å². The van der Waals surface area contributed by atoms with Gasteiger partial charge in [0.15, 0.2) is 11.6 Å². The number of nitrogen functional groups attached to an aromatic ring is 2. The molecular weight excluding hydrogens is 413 g/mol. The minimum absolute atomic E-state index is 0.0713. The van der Waals surface area contributed by atoms with Crippen molar-refractivity contribution in [3.63, 3.8) is 0 Å². The van der Waals surface area contributed by atoms with Gasteiger partial charge in [-0.2, -0.15) is 4.39 Å². The molecule has 0 bridgehead atoms. The Morgan fingerprint density at radius 2 is 1.97 bits per heavy atom. The van der Waals surface area contributed by atoms with Gasteiger partial charge in [-0.25, -0.2) is 15.0 Å². The highest BCUT2D eigenvalue weighted by Gasteiger charge is 2.43. The second-order valence-corrected chi connectivity index (χ2v) is 9.03. The Balaban J connectivity index is 1.52. The quantitative estimate of drug-likeness (QED) is 0.628. The van der Waals surface area contributed by atoms with Crippen LogP contribution in [0.4, 0.5) is 21.8 Å². The summed E-state index contributed by atoms with van der Waals surface area (Å²) in [6, 6.07) is 1.74. The first-order chi connectivity index (χ1) is 13.8. The highest BCUT2D eigenvalue weighted by molar-refractivity contribution is 7.99. The molecule has 2 aliphatic rings. The van der Waals surface area contributed by atoms with Crippen molar-refractivity contribution in [2.24, 2.45) is 11.1 Å². The molecule has 1 saturated heterocycles. The van der Waals surface area contributed by atoms with Gasteiger partial charge in [-0.15, -0.1) is 0 Å². The number of piperidine rings is 1. The SMILES string of the molecule is CC1=CCC2(CCN(c3nc(N)c(Sc4ccnc(N)c4Cl)nc3F)CC2)[C@@H]1N. The van der Waals surface area contributed by atoms with Gasteiger partial charge >= 0.3 is 0 Å². The molecule has 154 valence electrons. The number of rotatable bonds is 3. The van der Waals surface area contributed by atoms with Crippen LogP contribution in [0.25, 0.3) is 0 Å². The van der Waals surface area contributed by atoms with E-state index >= 15 is 0 Å². The van der Waals surface area contributed by atoms with Crippen molar-refractivity contribution in [1.82, 2.24) is 15.0 Å². The third kappa shape index (κ3) is 3.62. The van der Waals surface area contributed by atoms with Crippen LogP contribution in [0, 0.1) is 11.4 Å². The Kier molecular flexibility index (Phi) is 5.30. The molecular formula is C19H23ClFN7S. The van der Waals surface area contributed by atoms with Crippen molar-refractivity contribution in [3.8, 4) is 0 Å². The van der Waals surface area contributed by atoms with Crippen molar-refractivity contribution in [1.29, 1.82) is 0 Å². The Labute approximate surface area is 177 Å². The van der Waals surface area contributed by atoms with E-state index in [0.717, 1.165) is 31.0 Å². The van der Waals surface area contributed by atoms with E-state index in [-0.39, 0.29) is 39.0 Å². The van der Waals surface area contributed by atoms with Crippen LogP contribution >= 0.6 is 23.4 Å². The summed E-state index contributed by atoms with van der Waals surface area (Å²) in [4.78, 5) is 14.7. The first-order valence-corrected chi connectivity index (χ1v) is 10.6. The zero-order valence-corrected chi connectivity index (χ0v) is 17.6. The monoisotopic (exact) mass is 435 g/mol. The predicted octanol–water partition coefficient (Wildman–Crippen LogP) is 3.24. The molecule has 1 spiro atoms. The number of hydrogen-bond acceptors (Lipinski definition) is 8. The zero-order chi connectivity index (χ0) is 20.8. The first kappa shape index (κ1) is 20.2. The summed E-state index contributed by atoms with van der Waals surface area (Å²) in [5.41, 5.74) is 19.5. The molecule has 4 rings (SSSR count). The number of pyridine rings is 1. The van der Waals surface area contributed by atoms with Gasteiger partial charge in [0.2, 0.25) is 0 Å². The van der Waals surface area contributed by atoms with Gasteiger partial charge < -0.3 is 22.1 Å². The third-order valence-corrected chi connectivity index (χ3v) is 7.52. The second-order valence-electron chi connectivity index (χ2n) is 7.62. The number of anilines is 3. The van der Waals surface area contributed by atoms with E-state index in [9.17, 15) is 4.39 Å². The van der Waals surface area contributed by atoms with Gasteiger partial charge in [0.1, 0.15) is 10.8 Å². The molecule has 29 heavy (non-hydrogen) atoms. The van der Waals surface area contributed by atoms with E-state index in [4.69, 9.17) is 28.8 Å². The number of nitrogens with two attached hydrogens (primary N) is 3. The Morgan fingerprint density at radius 1 is 1.24 bits per heavy atom. The van der Waals surface area contributed by atoms with Crippen LogP contribution in [-0.2, 0) is 0 Å². The van der Waals surface area contributed by atoms with Crippen molar-refractivity contribution in [3.05, 3.63) is 34.9 Å². The van der Waals surface area contributed by atoms with Gasteiger partial charge in [-0.05, 0) is 37.7 Å². The maximum Gasteiger partial charge on any atom is 0.257 e. The predicted molar refractivity (Wildman–Crippen MR) is 114 cm³/mol. The van der Waals surface area contributed by atoms with E-state index < -0.39 is 5.95 Å². The fraction of sp³-hybridized carbons (Fsp3) is 0.421. The van der Waals surface area contributed by atoms with Crippen LogP contribution < -0.4 is 22.1 Å². The molecule has 0 amide bonds. The van der Waals surface area contributed by atoms with Crippen LogP contribution in [-0.4, -0.2) is 34.1 Å². The summed E-state index contributed by atoms with van der Waals surface area (Å²) in [6.07, 6.45) is 6.49. The van der Waals surface area contributed by atoms with Crippen LogP contribution in [0.5, 0.6) is 0 Å². The average molecular weight is 436 g/mol. The van der Waals surface area contributed by atoms with Crippen molar-refractivity contribution in [2.45, 2.75) is 42.1 Å². The van der Waals surface area contributed by atoms with E-state index in [1.807, 2.05) is 4.90 Å². The highest BCUT2D eigenvalue weighted by atomic mass is 35.5. The summed E-state index contributed by atoms with van der Waals surface area (Å²) in [5, 5.41) is 0.520. The van der Waals surface area contributed by atoms with Crippen LogP contribution in [0.15, 0.2) is 33.8 Å². The molecule has 7 nitrogen and oxygen atoms in total. The molecule has 6 N–H and O–H groups in total. The number of halogens is 2. The third-order valence-electron chi connectivity index (χ3n) is 5.96. The van der Waals surface area contributed by atoms with E-state index in [1.165, 1.54) is 11.8 Å². The minimum Gasteiger partial charge on any atom is -0.382 e. The lowest BCUT2D eigenvalue weighted by molar-refractivity contribution is 0.204. The lowest BCUT2D eigenvalue weighted by atomic mass is 9.73. The number of nitrogens with zero attached hydrogens (tertiary/aromatic N) is 4. The summed E-state index contributed by atoms with van der Waals surface area (Å²) in [6.45, 7) is 3.41. The molecule has 1 aliphatic heterocycles. The fourth-order valence-electron chi connectivity index (χ4n) is 4.09. The van der Waals surface area contributed by atoms with E-state index in [1.54, 1.807) is 6.07 Å². The van der Waals surface area contributed by atoms with Crippen LogP contribution in [0.1, 0.15) is 26.2 Å². The summed E-state index contributed by atoms with van der Waals surface area (Å²) >= 11 is 7.26. The molecule has 0 radical (unpaired) electrons. The van der Waals surface area contributed by atoms with Gasteiger partial charge in [-0.3, -0.25) is 0 Å². The smallest absolute Gasteiger partial charge is 0.257 e. The van der Waals surface area contributed by atoms with Crippen LogP contribution in [0.2, 0.25) is 5.02 Å². The maximum absolute atomic E-state index is 14.8. The number of hydrogen-bond donors (Lipinski definition) is 3. The molecule has 0 aromatic carbocycles. The van der Waals surface area contributed by atoms with Crippen molar-refractivity contribution in [2.75, 3.05) is 29.5 Å². The molecule has 0 saturated carbocycles. The molecule has 2 aromatic heterocycles. The molecule has 1 aliphatic carbocycles. The van der Waals surface area contributed by atoms with E-state index in [0.29, 0.717) is 18.0 Å². The topological polar surface area (TPSA) is 120 Å². The molecule has 3 heterocycles. The van der Waals surface area contributed by atoms with Crippen molar-refractivity contribution < 1.29 is 4.39 Å². The Hall–Kier alpha value is -2.10. The largest absolute Gasteiger partial charge is 0.382 e. The standard InChI is InChI=1S/C19H23ClFN7S/c1-10-2-4-19(13(10)22)5-8-28(9-6-19)17-14(21)26-18(16(24)27-17)29-11-3-7-25-15(23)12(11)20/h2-3,7,13H,4-6,8-9,22H2,1H3,(H2,23,25)(H2,24,27)/t13-/m1/s1.